The molecule has 0 saturated heterocycles. The van der Waals surface area contributed by atoms with Gasteiger partial charge in [0.1, 0.15) is 0 Å². The lowest BCUT2D eigenvalue weighted by Gasteiger charge is -2.26. The van der Waals surface area contributed by atoms with Crippen molar-refractivity contribution in [3.05, 3.63) is 245 Å². The largest absolute Gasteiger partial charge is 0.354 e. The number of nitrogens with one attached hydrogen (secondary N) is 2. The first-order valence-corrected chi connectivity index (χ1v) is 35.2. The molecule has 0 fully saturated rings. The summed E-state index contributed by atoms with van der Waals surface area (Å²) in [7, 11) is 0. The van der Waals surface area contributed by atoms with Crippen LogP contribution < -0.4 is 0 Å². The summed E-state index contributed by atoms with van der Waals surface area (Å²) in [5, 5.41) is 0. The predicted molar refractivity (Wildman–Crippen MR) is 410 cm³/mol. The Labute approximate surface area is 583 Å². The molecule has 96 heavy (non-hydrogen) atoms. The number of carbonyl (C=O) groups excluding carboxylic acids is 2. The van der Waals surface area contributed by atoms with Crippen LogP contribution >= 0.6 is 31.9 Å². The minimum absolute atomic E-state index is 0.0163. The maximum absolute atomic E-state index is 14.3. The molecule has 0 spiro atoms. The summed E-state index contributed by atoms with van der Waals surface area (Å²) in [5.74, 6) is 0.0338. The van der Waals surface area contributed by atoms with Crippen LogP contribution in [0.4, 0.5) is 0 Å². The molecule has 2 aliphatic carbocycles. The molecule has 8 bridgehead atoms. The first-order valence-electron chi connectivity index (χ1n) is 33.6. The molecule has 14 rings (SSSR count). The van der Waals surface area contributed by atoms with Crippen LogP contribution in [0.25, 0.3) is 113 Å². The lowest BCUT2D eigenvalue weighted by molar-refractivity contribution is 0.103. The number of aromatic nitrogens is 4. The number of rotatable bonds is 5. The highest BCUT2D eigenvalue weighted by Gasteiger charge is 2.33. The van der Waals surface area contributed by atoms with Crippen molar-refractivity contribution < 1.29 is 9.59 Å². The van der Waals surface area contributed by atoms with Crippen molar-refractivity contribution in [2.75, 3.05) is 0 Å². The van der Waals surface area contributed by atoms with Crippen LogP contribution in [-0.4, -0.2) is 31.5 Å². The number of carbonyl (C=O) groups is 2. The molecule has 4 aliphatic rings. The van der Waals surface area contributed by atoms with E-state index in [-0.39, 0.29) is 44.1 Å². The van der Waals surface area contributed by atoms with Gasteiger partial charge in [0.2, 0.25) is 0 Å². The number of benzene rings is 7. The van der Waals surface area contributed by atoms with Crippen LogP contribution in [0.2, 0.25) is 0 Å². The van der Waals surface area contributed by atoms with E-state index < -0.39 is 0 Å². The Morgan fingerprint density at radius 3 is 1.04 bits per heavy atom. The Morgan fingerprint density at radius 2 is 0.635 bits per heavy atom. The van der Waals surface area contributed by atoms with Gasteiger partial charge in [-0.3, -0.25) is 9.59 Å². The molecular weight excluding hydrogens is 1300 g/mol. The number of ketones is 2. The first-order chi connectivity index (χ1) is 44.9. The van der Waals surface area contributed by atoms with E-state index in [9.17, 15) is 9.59 Å². The first kappa shape index (κ1) is 64.8. The zero-order chi connectivity index (χ0) is 68.4. The summed E-state index contributed by atoms with van der Waals surface area (Å²) in [6.07, 6.45) is 6.70. The average molecular weight is 1390 g/mol. The van der Waals surface area contributed by atoms with Gasteiger partial charge in [-0.25, -0.2) is 9.97 Å². The number of aromatic amines is 2. The Morgan fingerprint density at radius 1 is 0.292 bits per heavy atom. The molecule has 10 aromatic rings. The van der Waals surface area contributed by atoms with E-state index in [1.54, 1.807) is 0 Å². The van der Waals surface area contributed by atoms with Gasteiger partial charge in [-0.05, 0) is 219 Å². The van der Waals surface area contributed by atoms with E-state index >= 15 is 0 Å². The van der Waals surface area contributed by atoms with E-state index in [2.05, 4.69) is 300 Å². The van der Waals surface area contributed by atoms with Crippen molar-refractivity contribution in [2.24, 2.45) is 0 Å². The van der Waals surface area contributed by atoms with Gasteiger partial charge >= 0.3 is 0 Å². The predicted octanol–water partition coefficient (Wildman–Crippen LogP) is 24.5. The molecule has 0 atom stereocenters. The molecule has 2 aliphatic heterocycles. The van der Waals surface area contributed by atoms with Crippen molar-refractivity contribution in [3.8, 4) is 66.8 Å². The third-order valence-electron chi connectivity index (χ3n) is 19.9. The topological polar surface area (TPSA) is 91.5 Å². The number of hydrogen-bond acceptors (Lipinski definition) is 4. The van der Waals surface area contributed by atoms with Crippen LogP contribution in [0.1, 0.15) is 218 Å². The molecule has 0 radical (unpaired) electrons. The lowest BCUT2D eigenvalue weighted by Crippen LogP contribution is -2.16. The minimum atomic E-state index is -0.194. The van der Waals surface area contributed by atoms with Gasteiger partial charge in [-0.15, -0.1) is 0 Å². The second-order valence-electron chi connectivity index (χ2n) is 33.2. The Hall–Kier alpha value is -8.56. The van der Waals surface area contributed by atoms with Gasteiger partial charge in [0.05, 0.1) is 22.8 Å². The van der Waals surface area contributed by atoms with Crippen LogP contribution in [0.3, 0.4) is 0 Å². The smallest absolute Gasteiger partial charge is 0.194 e. The molecule has 0 amide bonds. The molecule has 3 aromatic heterocycles. The Kier molecular flexibility index (Phi) is 15.2. The number of H-pyrrole nitrogens is 2. The van der Waals surface area contributed by atoms with Crippen LogP contribution in [-0.2, 0) is 32.5 Å². The molecular formula is C88H84Br2N4O2. The fraction of sp³-hybridized carbons (Fsp3) is 0.273. The summed E-state index contributed by atoms with van der Waals surface area (Å²) < 4.78 is 1.81. The molecule has 7 aromatic carbocycles. The van der Waals surface area contributed by atoms with E-state index in [0.29, 0.717) is 22.3 Å². The summed E-state index contributed by atoms with van der Waals surface area (Å²) in [4.78, 5) is 48.7. The lowest BCUT2D eigenvalue weighted by atomic mass is 9.78. The van der Waals surface area contributed by atoms with Crippen LogP contribution in [0.15, 0.2) is 161 Å². The van der Waals surface area contributed by atoms with E-state index in [4.69, 9.17) is 9.97 Å². The van der Waals surface area contributed by atoms with Gasteiger partial charge < -0.3 is 9.97 Å². The SMILES string of the molecule is CC(C)(C)c1cc(-c2c3nc(c(-c4cc(C(C)(C)C)cc(C(C)(C)C)c4)c4ccc([nH]4)c(-c4cc(C(C)(C)C)cc(C(C)(C)C)c4)c4nc(cc5[nH]c2cc5-c2ccc5c(c2)-c2cc(Br)ccc2C5=O)C(c2ccc5c(c2)-c2cc(Br)ccc2C5=O)=C4)C=C3)cc(C(C)(C)C)c1. The monoisotopic (exact) mass is 1390 g/mol. The van der Waals surface area contributed by atoms with Crippen molar-refractivity contribution in [3.63, 3.8) is 0 Å². The maximum Gasteiger partial charge on any atom is 0.194 e. The quantitative estimate of drug-likeness (QED) is 0.180. The molecule has 8 heteroatoms. The van der Waals surface area contributed by atoms with Gasteiger partial charge in [0, 0.05) is 81.1 Å². The summed E-state index contributed by atoms with van der Waals surface area (Å²) >= 11 is 7.50. The van der Waals surface area contributed by atoms with Crippen LogP contribution in [0, 0.1) is 0 Å². The summed E-state index contributed by atoms with van der Waals surface area (Å²) in [5.41, 5.74) is 29.1. The van der Waals surface area contributed by atoms with Gasteiger partial charge in [0.25, 0.3) is 0 Å². The fourth-order valence-corrected chi connectivity index (χ4v) is 14.7. The third kappa shape index (κ3) is 11.6. The molecule has 482 valence electrons. The van der Waals surface area contributed by atoms with E-state index in [1.807, 2.05) is 36.4 Å². The van der Waals surface area contributed by atoms with Gasteiger partial charge in [0.15, 0.2) is 11.6 Å². The normalized spacial score (nSPS) is 13.9. The molecule has 6 nitrogen and oxygen atoms in total. The Balaban J connectivity index is 1.20. The zero-order valence-corrected chi connectivity index (χ0v) is 61.8. The second kappa shape index (κ2) is 22.5. The Bertz CT molecular complexity index is 5190. The summed E-state index contributed by atoms with van der Waals surface area (Å²) in [6, 6.07) is 54.8. The average Bonchev–Trinajstić information content (AvgIpc) is 1.60. The van der Waals surface area contributed by atoms with Gasteiger partial charge in [-0.2, -0.15) is 0 Å². The zero-order valence-electron chi connectivity index (χ0n) is 58.6. The highest BCUT2D eigenvalue weighted by atomic mass is 79.9. The number of fused-ring (bicyclic) bond motifs is 14. The van der Waals surface area contributed by atoms with Crippen molar-refractivity contribution in [1.29, 1.82) is 0 Å². The van der Waals surface area contributed by atoms with Crippen molar-refractivity contribution in [2.45, 2.75) is 157 Å². The van der Waals surface area contributed by atoms with Crippen molar-refractivity contribution >= 4 is 89.3 Å². The van der Waals surface area contributed by atoms with Crippen molar-refractivity contribution in [1.82, 2.24) is 19.9 Å². The number of nitrogens with zero attached hydrogens (tertiary/aromatic N) is 2. The third-order valence-corrected chi connectivity index (χ3v) is 20.9. The molecule has 2 N–H and O–H groups in total. The number of halogens is 2. The highest BCUT2D eigenvalue weighted by molar-refractivity contribution is 9.10. The van der Waals surface area contributed by atoms with Gasteiger partial charge in [-0.1, -0.05) is 223 Å². The maximum atomic E-state index is 14.3. The van der Waals surface area contributed by atoms with E-state index in [0.717, 1.165) is 132 Å². The molecule has 5 heterocycles. The summed E-state index contributed by atoms with van der Waals surface area (Å²) in [6.45, 7) is 41.3. The second-order valence-corrected chi connectivity index (χ2v) is 35.0. The molecule has 0 unspecified atom stereocenters. The highest BCUT2D eigenvalue weighted by Crippen LogP contribution is 2.48. The molecule has 0 saturated carbocycles. The minimum Gasteiger partial charge on any atom is -0.354 e. The number of hydrogen-bond donors (Lipinski definition) is 2. The van der Waals surface area contributed by atoms with Crippen LogP contribution in [0.5, 0.6) is 0 Å². The standard InChI is InChI=1S/C88H84Br2N4O2/c1-83(2,3)52-31-49(32-53(39-52)84(4,5)6)78-70-27-29-72(91-70)79(50-33-54(85(7,8)9)40-55(34-50)86(10,11)12)76-44-64(47-19-23-60-66(37-47)68-42-58(89)21-25-62(68)81(60)95)74(93-76)46-75-65(48-20-24-61-67(38-48)69-43-59(90)22-26-63(69)82(61)96)45-77(94-75)80(73-30-28-71(78)92-73)51-35-56(87(13,14)15)41-57(36-51)88(16,17)18/h19-46,91,94H,1-18H3. The fourth-order valence-electron chi connectivity index (χ4n) is 14.0. The van der Waals surface area contributed by atoms with E-state index in [1.165, 1.54) is 33.4 Å².